The van der Waals surface area contributed by atoms with Crippen LogP contribution in [0, 0.1) is 24.4 Å². The van der Waals surface area contributed by atoms with Gasteiger partial charge in [0.2, 0.25) is 0 Å². The van der Waals surface area contributed by atoms with Crippen molar-refractivity contribution in [1.29, 1.82) is 0 Å². The van der Waals surface area contributed by atoms with Crippen LogP contribution >= 0.6 is 15.9 Å². The number of aryl methyl sites for hydroxylation is 1. The van der Waals surface area contributed by atoms with Gasteiger partial charge in [-0.15, -0.1) is 0 Å². The minimum atomic E-state index is -1.44. The lowest BCUT2D eigenvalue weighted by atomic mass is 10.2. The Bertz CT molecular complexity index is 270. The Morgan fingerprint density at radius 2 is 1.73 bits per heavy atom. The normalized spacial score (nSPS) is 10.3. The van der Waals surface area contributed by atoms with E-state index in [4.69, 9.17) is 0 Å². The second kappa shape index (κ2) is 2.85. The molecule has 0 bridgehead atoms. The summed E-state index contributed by atoms with van der Waals surface area (Å²) in [6.07, 6.45) is 0. The van der Waals surface area contributed by atoms with Crippen LogP contribution in [0.3, 0.4) is 0 Å². The standard InChI is InChI=1S/C7H4BrF3/c1-3-2-4(9)6(10)7(11)5(3)8/h2H,1H3. The highest BCUT2D eigenvalue weighted by molar-refractivity contribution is 9.10. The monoisotopic (exact) mass is 224 g/mol. The van der Waals surface area contributed by atoms with Gasteiger partial charge in [-0.3, -0.25) is 0 Å². The number of halogens is 4. The molecule has 0 atom stereocenters. The maximum absolute atomic E-state index is 12.6. The molecule has 0 spiro atoms. The fraction of sp³-hybridized carbons (Fsp3) is 0.143. The summed E-state index contributed by atoms with van der Waals surface area (Å²) in [4.78, 5) is 0. The van der Waals surface area contributed by atoms with E-state index >= 15 is 0 Å². The molecule has 0 aliphatic heterocycles. The fourth-order valence-electron chi connectivity index (χ4n) is 0.691. The number of benzene rings is 1. The summed E-state index contributed by atoms with van der Waals surface area (Å²) in [7, 11) is 0. The predicted molar refractivity (Wildman–Crippen MR) is 38.8 cm³/mol. The van der Waals surface area contributed by atoms with Crippen LogP contribution < -0.4 is 0 Å². The maximum atomic E-state index is 12.6. The molecule has 0 N–H and O–H groups in total. The second-order valence-corrected chi connectivity index (χ2v) is 2.91. The van der Waals surface area contributed by atoms with Crippen LogP contribution in [-0.2, 0) is 0 Å². The lowest BCUT2D eigenvalue weighted by molar-refractivity contribution is 0.443. The van der Waals surface area contributed by atoms with Crippen molar-refractivity contribution >= 4 is 15.9 Å². The van der Waals surface area contributed by atoms with E-state index in [2.05, 4.69) is 15.9 Å². The molecule has 0 saturated carbocycles. The molecule has 11 heavy (non-hydrogen) atoms. The number of hydrogen-bond donors (Lipinski definition) is 0. The van der Waals surface area contributed by atoms with Crippen molar-refractivity contribution in [2.24, 2.45) is 0 Å². The fourth-order valence-corrected chi connectivity index (χ4v) is 0.980. The Labute approximate surface area is 70.2 Å². The smallest absolute Gasteiger partial charge is 0.195 e. The highest BCUT2D eigenvalue weighted by atomic mass is 79.9. The van der Waals surface area contributed by atoms with Gasteiger partial charge in [-0.2, -0.15) is 0 Å². The molecule has 1 aromatic rings. The van der Waals surface area contributed by atoms with Gasteiger partial charge in [-0.05, 0) is 34.5 Å². The Kier molecular flexibility index (Phi) is 2.23. The molecule has 0 amide bonds. The highest BCUT2D eigenvalue weighted by Gasteiger charge is 2.13. The molecular formula is C7H4BrF3. The molecule has 0 aromatic heterocycles. The third-order valence-corrected chi connectivity index (χ3v) is 2.26. The van der Waals surface area contributed by atoms with Crippen molar-refractivity contribution in [3.63, 3.8) is 0 Å². The lowest BCUT2D eigenvalue weighted by Gasteiger charge is -2.00. The molecule has 60 valence electrons. The first kappa shape index (κ1) is 8.59. The maximum Gasteiger partial charge on any atom is 0.195 e. The molecule has 0 fully saturated rings. The van der Waals surface area contributed by atoms with Crippen LogP contribution in [0.2, 0.25) is 0 Å². The van der Waals surface area contributed by atoms with E-state index in [1.807, 2.05) is 0 Å². The largest absolute Gasteiger partial charge is 0.204 e. The van der Waals surface area contributed by atoms with E-state index in [0.717, 1.165) is 6.07 Å². The van der Waals surface area contributed by atoms with E-state index in [1.165, 1.54) is 6.92 Å². The van der Waals surface area contributed by atoms with Gasteiger partial charge in [0.1, 0.15) is 0 Å². The van der Waals surface area contributed by atoms with Gasteiger partial charge in [0.25, 0.3) is 0 Å². The molecular weight excluding hydrogens is 221 g/mol. The quantitative estimate of drug-likeness (QED) is 0.469. The van der Waals surface area contributed by atoms with Gasteiger partial charge in [0.05, 0.1) is 4.47 Å². The van der Waals surface area contributed by atoms with Crippen LogP contribution in [0.5, 0.6) is 0 Å². The Morgan fingerprint density at radius 3 is 2.27 bits per heavy atom. The summed E-state index contributed by atoms with van der Waals surface area (Å²) < 4.78 is 37.3. The van der Waals surface area contributed by atoms with Gasteiger partial charge in [-0.25, -0.2) is 13.2 Å². The minimum absolute atomic E-state index is 0.0311. The van der Waals surface area contributed by atoms with Crippen LogP contribution in [0.25, 0.3) is 0 Å². The van der Waals surface area contributed by atoms with Crippen molar-refractivity contribution in [2.45, 2.75) is 6.92 Å². The molecule has 0 unspecified atom stereocenters. The summed E-state index contributed by atoms with van der Waals surface area (Å²) >= 11 is 2.78. The minimum Gasteiger partial charge on any atom is -0.204 e. The van der Waals surface area contributed by atoms with Crippen molar-refractivity contribution in [3.05, 3.63) is 33.6 Å². The van der Waals surface area contributed by atoms with Crippen LogP contribution in [0.15, 0.2) is 10.5 Å². The van der Waals surface area contributed by atoms with Gasteiger partial charge < -0.3 is 0 Å². The van der Waals surface area contributed by atoms with Crippen LogP contribution in [0.1, 0.15) is 5.56 Å². The molecule has 0 nitrogen and oxygen atoms in total. The van der Waals surface area contributed by atoms with E-state index in [9.17, 15) is 13.2 Å². The van der Waals surface area contributed by atoms with E-state index in [0.29, 0.717) is 5.56 Å². The van der Waals surface area contributed by atoms with Crippen molar-refractivity contribution in [3.8, 4) is 0 Å². The zero-order chi connectivity index (χ0) is 8.59. The third kappa shape index (κ3) is 1.40. The summed E-state index contributed by atoms with van der Waals surface area (Å²) in [6, 6.07) is 0.933. The first-order valence-corrected chi connectivity index (χ1v) is 3.63. The lowest BCUT2D eigenvalue weighted by Crippen LogP contribution is -1.93. The summed E-state index contributed by atoms with van der Waals surface area (Å²) in [5, 5.41) is 0. The molecule has 0 aliphatic carbocycles. The van der Waals surface area contributed by atoms with Crippen molar-refractivity contribution in [2.75, 3.05) is 0 Å². The Hall–Kier alpha value is -0.510. The Morgan fingerprint density at radius 1 is 1.18 bits per heavy atom. The molecule has 0 radical (unpaired) electrons. The molecule has 0 heterocycles. The molecule has 4 heteroatoms. The van der Waals surface area contributed by atoms with Gasteiger partial charge >= 0.3 is 0 Å². The number of hydrogen-bond acceptors (Lipinski definition) is 0. The summed E-state index contributed by atoms with van der Waals surface area (Å²) in [6.45, 7) is 1.48. The second-order valence-electron chi connectivity index (χ2n) is 2.12. The molecule has 0 aliphatic rings. The Balaban J connectivity index is 3.46. The van der Waals surface area contributed by atoms with Gasteiger partial charge in [-0.1, -0.05) is 0 Å². The SMILES string of the molecule is Cc1cc(F)c(F)c(F)c1Br. The summed E-state index contributed by atoms with van der Waals surface area (Å²) in [5.74, 6) is -3.78. The third-order valence-electron chi connectivity index (χ3n) is 1.28. The zero-order valence-corrected chi connectivity index (χ0v) is 7.18. The number of rotatable bonds is 0. The van der Waals surface area contributed by atoms with Crippen LogP contribution in [-0.4, -0.2) is 0 Å². The van der Waals surface area contributed by atoms with Gasteiger partial charge in [0.15, 0.2) is 17.5 Å². The van der Waals surface area contributed by atoms with E-state index in [-0.39, 0.29) is 4.47 Å². The topological polar surface area (TPSA) is 0 Å². The molecule has 1 aromatic carbocycles. The van der Waals surface area contributed by atoms with E-state index < -0.39 is 17.5 Å². The summed E-state index contributed by atoms with van der Waals surface area (Å²) in [5.41, 5.74) is 0.335. The van der Waals surface area contributed by atoms with Crippen molar-refractivity contribution < 1.29 is 13.2 Å². The predicted octanol–water partition coefficient (Wildman–Crippen LogP) is 3.17. The highest BCUT2D eigenvalue weighted by Crippen LogP contribution is 2.24. The first-order valence-electron chi connectivity index (χ1n) is 2.83. The first-order chi connectivity index (χ1) is 5.04. The van der Waals surface area contributed by atoms with Crippen LogP contribution in [0.4, 0.5) is 13.2 Å². The van der Waals surface area contributed by atoms with Crippen molar-refractivity contribution in [1.82, 2.24) is 0 Å². The van der Waals surface area contributed by atoms with Gasteiger partial charge in [0, 0.05) is 0 Å². The average Bonchev–Trinajstić information content (AvgIpc) is 1.97. The zero-order valence-electron chi connectivity index (χ0n) is 5.59. The van der Waals surface area contributed by atoms with E-state index in [1.54, 1.807) is 0 Å². The molecule has 1 rings (SSSR count). The average molecular weight is 225 g/mol. The molecule has 0 saturated heterocycles.